The van der Waals surface area contributed by atoms with Crippen LogP contribution in [0.5, 0.6) is 5.75 Å². The van der Waals surface area contributed by atoms with Crippen molar-refractivity contribution in [1.82, 2.24) is 5.32 Å². The van der Waals surface area contributed by atoms with Gasteiger partial charge in [0.05, 0.1) is 25.2 Å². The first-order chi connectivity index (χ1) is 22.9. The summed E-state index contributed by atoms with van der Waals surface area (Å²) in [6, 6.07) is 6.17. The van der Waals surface area contributed by atoms with Gasteiger partial charge in [0.1, 0.15) is 42.4 Å². The molecule has 4 N–H and O–H groups in total. The first kappa shape index (κ1) is 31.2. The third kappa shape index (κ3) is 4.03. The summed E-state index contributed by atoms with van der Waals surface area (Å²) in [5.41, 5.74) is 0.410. The van der Waals surface area contributed by atoms with Crippen molar-refractivity contribution in [3.05, 3.63) is 75.4 Å². The van der Waals surface area contributed by atoms with Gasteiger partial charge >= 0.3 is 12.1 Å². The number of ether oxygens (including phenoxy) is 6. The number of ketones is 1. The quantitative estimate of drug-likeness (QED) is 0.267. The molecule has 2 aromatic rings. The van der Waals surface area contributed by atoms with Gasteiger partial charge in [-0.15, -0.1) is 0 Å². The SMILES string of the molecule is CN[C@H]1[C@@H](O[C@@H]2c3cc4c(cc3[C@@H]3[C@H]2OC(=O)C32C(=O)C=Cc3c(C)cc(OC)cc32)[C@@](O)(C2COC(=O)O2)C=C4)O[C@H](C)[C@H](O)[C@@H]1O. The van der Waals surface area contributed by atoms with E-state index < -0.39 is 83.8 Å². The summed E-state index contributed by atoms with van der Waals surface area (Å²) in [6.45, 7) is 3.31. The molecule has 0 bridgehead atoms. The maximum absolute atomic E-state index is 14.3. The van der Waals surface area contributed by atoms with Crippen LogP contribution >= 0.6 is 0 Å². The van der Waals surface area contributed by atoms with Crippen LogP contribution < -0.4 is 10.1 Å². The van der Waals surface area contributed by atoms with E-state index in [1.807, 2.05) is 13.0 Å². The average Bonchev–Trinajstić information content (AvgIpc) is 3.80. The average molecular weight is 662 g/mol. The highest BCUT2D eigenvalue weighted by Crippen LogP contribution is 2.62. The van der Waals surface area contributed by atoms with Crippen LogP contribution in [0.2, 0.25) is 0 Å². The number of likely N-dealkylation sites (N-methyl/N-ethyl adjacent to an activating group) is 1. The van der Waals surface area contributed by atoms with Gasteiger partial charge in [0.25, 0.3) is 0 Å². The largest absolute Gasteiger partial charge is 0.508 e. The van der Waals surface area contributed by atoms with E-state index in [0.29, 0.717) is 39.1 Å². The number of aryl methyl sites for hydroxylation is 1. The van der Waals surface area contributed by atoms with Crippen LogP contribution in [0.1, 0.15) is 57.9 Å². The Morgan fingerprint density at radius 2 is 1.77 bits per heavy atom. The Labute approximate surface area is 275 Å². The van der Waals surface area contributed by atoms with Gasteiger partial charge in [-0.25, -0.2) is 4.79 Å². The Morgan fingerprint density at radius 3 is 2.48 bits per heavy atom. The summed E-state index contributed by atoms with van der Waals surface area (Å²) < 4.78 is 34.7. The van der Waals surface area contributed by atoms with Crippen molar-refractivity contribution in [2.75, 3.05) is 20.8 Å². The molecular weight excluding hydrogens is 626 g/mol. The fourth-order valence-corrected chi connectivity index (χ4v) is 8.40. The van der Waals surface area contributed by atoms with E-state index in [1.165, 1.54) is 19.3 Å². The molecule has 0 amide bonds. The van der Waals surface area contributed by atoms with Gasteiger partial charge in [0, 0.05) is 0 Å². The molecule has 11 atom stereocenters. The third-order valence-corrected chi connectivity index (χ3v) is 10.9. The Hall–Kier alpha value is -4.11. The van der Waals surface area contributed by atoms with E-state index in [4.69, 9.17) is 28.4 Å². The maximum Gasteiger partial charge on any atom is 0.508 e. The number of aliphatic hydroxyl groups excluding tert-OH is 2. The number of benzene rings is 2. The monoisotopic (exact) mass is 661 g/mol. The normalized spacial score (nSPS) is 38.7. The van der Waals surface area contributed by atoms with E-state index in [0.717, 1.165) is 5.56 Å². The number of allylic oxidation sites excluding steroid dienone is 1. The Morgan fingerprint density at radius 1 is 0.979 bits per heavy atom. The molecule has 3 fully saturated rings. The van der Waals surface area contributed by atoms with Crippen LogP contribution in [-0.4, -0.2) is 96.8 Å². The van der Waals surface area contributed by atoms with Gasteiger partial charge in [0.15, 0.2) is 23.6 Å². The number of esters is 1. The number of carbonyl (C=O) groups is 3. The van der Waals surface area contributed by atoms with Crippen LogP contribution in [0, 0.1) is 6.92 Å². The second kappa shape index (κ2) is 10.7. The van der Waals surface area contributed by atoms with Gasteiger partial charge in [-0.05, 0) is 90.2 Å². The zero-order valence-electron chi connectivity index (χ0n) is 26.5. The molecule has 2 aromatic carbocycles. The number of cyclic esters (lactones) is 2. The van der Waals surface area contributed by atoms with E-state index >= 15 is 0 Å². The number of fused-ring (bicyclic) bond motifs is 7. The number of carbonyl (C=O) groups excluding carboxylic acids is 3. The van der Waals surface area contributed by atoms with Gasteiger partial charge in [0.2, 0.25) is 0 Å². The van der Waals surface area contributed by atoms with E-state index in [1.54, 1.807) is 44.3 Å². The number of nitrogens with one attached hydrogen (secondary N) is 1. The van der Waals surface area contributed by atoms with E-state index in [9.17, 15) is 29.7 Å². The fraction of sp³-hybridized carbons (Fsp3) is 0.457. The van der Waals surface area contributed by atoms with Gasteiger partial charge in [-0.3, -0.25) is 9.59 Å². The molecule has 48 heavy (non-hydrogen) atoms. The zero-order valence-corrected chi connectivity index (χ0v) is 26.5. The second-order valence-electron chi connectivity index (χ2n) is 13.2. The molecule has 6 aliphatic rings. The van der Waals surface area contributed by atoms with Crippen molar-refractivity contribution >= 4 is 30.1 Å². The van der Waals surface area contributed by atoms with Crippen LogP contribution in [0.25, 0.3) is 12.2 Å². The first-order valence-electron chi connectivity index (χ1n) is 15.8. The minimum atomic E-state index is -1.83. The highest BCUT2D eigenvalue weighted by Gasteiger charge is 2.69. The molecule has 0 saturated carbocycles. The van der Waals surface area contributed by atoms with Gasteiger partial charge in [-0.1, -0.05) is 18.2 Å². The first-order valence-corrected chi connectivity index (χ1v) is 15.8. The molecule has 13 nitrogen and oxygen atoms in total. The molecule has 3 heterocycles. The standard InChI is InChI=1S/C35H35NO12/c1-14-9-17(43-4)11-22-18(14)5-6-23(37)35(22)25-19-12-21-16(7-8-34(21,42)24-13-44-33(41)46-24)10-20(19)29(30(25)48-32(35)40)47-31-26(36-3)28(39)27(38)15(2)45-31/h5-12,15,24-31,36,38-39,42H,13H2,1-4H3/t15-,24?,25-,26-,27+,28-,29-,30-,31-,34-,35?/m1/s1. The Kier molecular flexibility index (Phi) is 6.95. The van der Waals surface area contributed by atoms with Crippen LogP contribution in [0.15, 0.2) is 36.4 Å². The minimum Gasteiger partial charge on any atom is -0.497 e. The predicted octanol–water partition coefficient (Wildman–Crippen LogP) is 1.42. The third-order valence-electron chi connectivity index (χ3n) is 10.9. The highest BCUT2D eigenvalue weighted by atomic mass is 16.8. The summed E-state index contributed by atoms with van der Waals surface area (Å²) >= 11 is 0. The Balaban J connectivity index is 1.32. The predicted molar refractivity (Wildman–Crippen MR) is 165 cm³/mol. The lowest BCUT2D eigenvalue weighted by Gasteiger charge is -2.42. The van der Waals surface area contributed by atoms with Crippen LogP contribution in [0.3, 0.4) is 0 Å². The second-order valence-corrected chi connectivity index (χ2v) is 13.2. The number of methoxy groups -OCH3 is 1. The van der Waals surface area contributed by atoms with Crippen molar-refractivity contribution in [2.24, 2.45) is 0 Å². The Bertz CT molecular complexity index is 1820. The van der Waals surface area contributed by atoms with Crippen molar-refractivity contribution in [3.63, 3.8) is 0 Å². The molecule has 1 spiro atoms. The van der Waals surface area contributed by atoms with E-state index in [-0.39, 0.29) is 6.61 Å². The molecule has 0 radical (unpaired) electrons. The van der Waals surface area contributed by atoms with Crippen LogP contribution in [-0.2, 0) is 44.3 Å². The molecular formula is C35H35NO12. The van der Waals surface area contributed by atoms with Crippen LogP contribution in [0.4, 0.5) is 4.79 Å². The lowest BCUT2D eigenvalue weighted by molar-refractivity contribution is -0.281. The summed E-state index contributed by atoms with van der Waals surface area (Å²) in [5.74, 6) is -1.71. The molecule has 2 unspecified atom stereocenters. The zero-order chi connectivity index (χ0) is 33.9. The summed E-state index contributed by atoms with van der Waals surface area (Å²) in [7, 11) is 3.11. The number of hydrogen-bond donors (Lipinski definition) is 4. The van der Waals surface area contributed by atoms with Gasteiger partial charge in [-0.2, -0.15) is 0 Å². The van der Waals surface area contributed by atoms with Crippen molar-refractivity contribution < 1.29 is 58.1 Å². The molecule has 3 saturated heterocycles. The number of rotatable bonds is 5. The minimum absolute atomic E-state index is 0.175. The maximum atomic E-state index is 14.3. The molecule has 13 heteroatoms. The van der Waals surface area contributed by atoms with Crippen molar-refractivity contribution in [1.29, 1.82) is 0 Å². The smallest absolute Gasteiger partial charge is 0.497 e. The van der Waals surface area contributed by atoms with Crippen molar-refractivity contribution in [2.45, 2.75) is 79.7 Å². The molecule has 8 rings (SSSR count). The fourth-order valence-electron chi connectivity index (χ4n) is 8.40. The molecule has 3 aliphatic heterocycles. The lowest BCUT2D eigenvalue weighted by atomic mass is 9.62. The number of hydrogen-bond acceptors (Lipinski definition) is 13. The molecule has 3 aliphatic carbocycles. The molecule has 0 aromatic heterocycles. The van der Waals surface area contributed by atoms with E-state index in [2.05, 4.69) is 5.32 Å². The van der Waals surface area contributed by atoms with Gasteiger partial charge < -0.3 is 49.1 Å². The summed E-state index contributed by atoms with van der Waals surface area (Å²) in [6.07, 6.45) is -1.95. The molecule has 252 valence electrons. The number of aliphatic hydroxyl groups is 3. The lowest BCUT2D eigenvalue weighted by Crippen LogP contribution is -2.62. The highest BCUT2D eigenvalue weighted by molar-refractivity contribution is 6.20. The topological polar surface area (TPSA) is 179 Å². The summed E-state index contributed by atoms with van der Waals surface area (Å²) in [5, 5.41) is 36.3. The van der Waals surface area contributed by atoms with Crippen molar-refractivity contribution in [3.8, 4) is 5.75 Å². The summed E-state index contributed by atoms with van der Waals surface area (Å²) in [4.78, 5) is 40.5.